The molecule has 4 rings (SSSR count). The molecule has 0 aliphatic carbocycles. The summed E-state index contributed by atoms with van der Waals surface area (Å²) in [6, 6.07) is 10.8. The molecule has 1 aliphatic heterocycles. The SMILES string of the molecule is O=C(Nc1ncnc2c(S(=O)(=O)C(F)(F)F)c(NCC3CCOCC3)ccc12)c1ccccc1. The van der Waals surface area contributed by atoms with E-state index < -0.39 is 31.7 Å². The molecule has 1 amide bonds. The van der Waals surface area contributed by atoms with Crippen molar-refractivity contribution in [1.29, 1.82) is 0 Å². The van der Waals surface area contributed by atoms with Crippen molar-refractivity contribution in [3.8, 4) is 0 Å². The first kappa shape index (κ1) is 23.9. The van der Waals surface area contributed by atoms with E-state index >= 15 is 0 Å². The lowest BCUT2D eigenvalue weighted by Gasteiger charge is -2.24. The molecule has 12 heteroatoms. The zero-order valence-corrected chi connectivity index (χ0v) is 18.6. The molecule has 0 unspecified atom stereocenters. The summed E-state index contributed by atoms with van der Waals surface area (Å²) < 4.78 is 71.2. The van der Waals surface area contributed by atoms with Crippen LogP contribution in [0.3, 0.4) is 0 Å². The van der Waals surface area contributed by atoms with Gasteiger partial charge in [-0.1, -0.05) is 18.2 Å². The Kier molecular flexibility index (Phi) is 6.71. The van der Waals surface area contributed by atoms with Crippen LogP contribution in [0, 0.1) is 5.92 Å². The van der Waals surface area contributed by atoms with Crippen LogP contribution < -0.4 is 10.6 Å². The van der Waals surface area contributed by atoms with Crippen LogP contribution in [0.25, 0.3) is 10.9 Å². The highest BCUT2D eigenvalue weighted by molar-refractivity contribution is 7.92. The Morgan fingerprint density at radius 3 is 2.44 bits per heavy atom. The highest BCUT2D eigenvalue weighted by Crippen LogP contribution is 2.39. The molecule has 0 bridgehead atoms. The van der Waals surface area contributed by atoms with E-state index in [2.05, 4.69) is 20.6 Å². The van der Waals surface area contributed by atoms with Crippen LogP contribution in [0.5, 0.6) is 0 Å². The first-order valence-electron chi connectivity index (χ1n) is 10.5. The van der Waals surface area contributed by atoms with E-state index in [1.165, 1.54) is 12.1 Å². The Hall–Kier alpha value is -3.25. The van der Waals surface area contributed by atoms with Gasteiger partial charge in [0.1, 0.15) is 17.0 Å². The van der Waals surface area contributed by atoms with Gasteiger partial charge in [0.05, 0.1) is 11.2 Å². The highest BCUT2D eigenvalue weighted by atomic mass is 32.2. The first-order chi connectivity index (χ1) is 16.2. The summed E-state index contributed by atoms with van der Waals surface area (Å²) in [6.45, 7) is 1.35. The standard InChI is InChI=1S/C22H21F3N4O4S/c23-22(24,25)34(31,32)19-17(26-12-14-8-10-33-11-9-14)7-6-16-18(19)27-13-28-20(16)29-21(30)15-4-2-1-3-5-15/h1-7,13-14,26H,8-12H2,(H,27,28,29,30). The minimum Gasteiger partial charge on any atom is -0.384 e. The number of nitrogens with zero attached hydrogens (tertiary/aromatic N) is 2. The van der Waals surface area contributed by atoms with Crippen molar-refractivity contribution in [2.24, 2.45) is 5.92 Å². The Morgan fingerprint density at radius 1 is 1.06 bits per heavy atom. The molecule has 0 saturated carbocycles. The number of fused-ring (bicyclic) bond motifs is 1. The van der Waals surface area contributed by atoms with Crippen LogP contribution in [-0.4, -0.2) is 49.6 Å². The monoisotopic (exact) mass is 494 g/mol. The van der Waals surface area contributed by atoms with E-state index in [0.717, 1.165) is 6.33 Å². The molecule has 0 spiro atoms. The van der Waals surface area contributed by atoms with E-state index in [-0.39, 0.29) is 29.4 Å². The van der Waals surface area contributed by atoms with Crippen molar-refractivity contribution < 1.29 is 31.1 Å². The number of ether oxygens (including phenoxy) is 1. The van der Waals surface area contributed by atoms with E-state index in [0.29, 0.717) is 31.6 Å². The molecule has 3 aromatic rings. The number of carbonyl (C=O) groups excluding carboxylic acids is 1. The smallest absolute Gasteiger partial charge is 0.384 e. The summed E-state index contributed by atoms with van der Waals surface area (Å²) in [4.78, 5) is 19.4. The van der Waals surface area contributed by atoms with Crippen LogP contribution in [0.4, 0.5) is 24.7 Å². The molecular weight excluding hydrogens is 473 g/mol. The lowest BCUT2D eigenvalue weighted by molar-refractivity contribution is -0.0435. The molecule has 2 heterocycles. The van der Waals surface area contributed by atoms with Gasteiger partial charge in [-0.25, -0.2) is 18.4 Å². The number of halogens is 3. The molecular formula is C22H21F3N4O4S. The Morgan fingerprint density at radius 2 is 1.76 bits per heavy atom. The van der Waals surface area contributed by atoms with Gasteiger partial charge in [-0.15, -0.1) is 0 Å². The summed E-state index contributed by atoms with van der Waals surface area (Å²) in [6.07, 6.45) is 2.33. The van der Waals surface area contributed by atoms with Gasteiger partial charge in [-0.2, -0.15) is 13.2 Å². The Bertz CT molecular complexity index is 1290. The predicted molar refractivity (Wildman–Crippen MR) is 119 cm³/mol. The normalized spacial score (nSPS) is 15.3. The van der Waals surface area contributed by atoms with Crippen molar-refractivity contribution in [2.45, 2.75) is 23.2 Å². The van der Waals surface area contributed by atoms with Gasteiger partial charge in [0.15, 0.2) is 0 Å². The van der Waals surface area contributed by atoms with Gasteiger partial charge >= 0.3 is 5.51 Å². The van der Waals surface area contributed by atoms with Crippen LogP contribution >= 0.6 is 0 Å². The number of nitrogens with one attached hydrogen (secondary N) is 2. The van der Waals surface area contributed by atoms with Crippen LogP contribution in [0.2, 0.25) is 0 Å². The third-order valence-electron chi connectivity index (χ3n) is 5.52. The zero-order chi connectivity index (χ0) is 24.3. The van der Waals surface area contributed by atoms with Gasteiger partial charge in [0.2, 0.25) is 0 Å². The van der Waals surface area contributed by atoms with Gasteiger partial charge in [-0.05, 0) is 43.0 Å². The minimum absolute atomic E-state index is 0.0359. The van der Waals surface area contributed by atoms with Crippen molar-refractivity contribution >= 4 is 38.2 Å². The second kappa shape index (κ2) is 9.55. The quantitative estimate of drug-likeness (QED) is 0.533. The Balaban J connectivity index is 1.77. The fraction of sp³-hybridized carbons (Fsp3) is 0.318. The Labute approximate surface area is 193 Å². The average molecular weight is 494 g/mol. The number of carbonyl (C=O) groups is 1. The maximum atomic E-state index is 13.6. The van der Waals surface area contributed by atoms with Gasteiger partial charge in [0.25, 0.3) is 15.7 Å². The number of aromatic nitrogens is 2. The fourth-order valence-corrected chi connectivity index (χ4v) is 4.78. The highest BCUT2D eigenvalue weighted by Gasteiger charge is 2.49. The predicted octanol–water partition coefficient (Wildman–Crippen LogP) is 4.01. The summed E-state index contributed by atoms with van der Waals surface area (Å²) >= 11 is 0. The van der Waals surface area contributed by atoms with Gasteiger partial charge in [-0.3, -0.25) is 4.79 Å². The molecule has 8 nitrogen and oxygen atoms in total. The summed E-state index contributed by atoms with van der Waals surface area (Å²) in [5.74, 6) is -0.534. The zero-order valence-electron chi connectivity index (χ0n) is 17.8. The number of benzene rings is 2. The third kappa shape index (κ3) is 4.82. The van der Waals surface area contributed by atoms with E-state index in [9.17, 15) is 26.4 Å². The summed E-state index contributed by atoms with van der Waals surface area (Å²) in [5.41, 5.74) is -5.90. The number of anilines is 2. The van der Waals surface area contributed by atoms with Crippen molar-refractivity contribution in [3.05, 3.63) is 54.4 Å². The van der Waals surface area contributed by atoms with Crippen molar-refractivity contribution in [1.82, 2.24) is 9.97 Å². The molecule has 0 radical (unpaired) electrons. The third-order valence-corrected chi connectivity index (χ3v) is 7.08. The lowest BCUT2D eigenvalue weighted by atomic mass is 10.0. The van der Waals surface area contributed by atoms with Gasteiger partial charge in [0, 0.05) is 30.7 Å². The second-order valence-electron chi connectivity index (χ2n) is 7.77. The molecule has 34 heavy (non-hydrogen) atoms. The maximum absolute atomic E-state index is 13.6. The number of hydrogen-bond donors (Lipinski definition) is 2. The minimum atomic E-state index is -5.77. The molecule has 1 saturated heterocycles. The van der Waals surface area contributed by atoms with Crippen LogP contribution in [0.1, 0.15) is 23.2 Å². The van der Waals surface area contributed by atoms with Crippen LogP contribution in [0.15, 0.2) is 53.7 Å². The summed E-state index contributed by atoms with van der Waals surface area (Å²) in [5, 5.41) is 5.34. The number of amides is 1. The molecule has 1 aliphatic rings. The molecule has 2 N–H and O–H groups in total. The van der Waals surface area contributed by atoms with Crippen LogP contribution in [-0.2, 0) is 14.6 Å². The van der Waals surface area contributed by atoms with Crippen molar-refractivity contribution in [3.63, 3.8) is 0 Å². The van der Waals surface area contributed by atoms with E-state index in [1.807, 2.05) is 0 Å². The largest absolute Gasteiger partial charge is 0.502 e. The molecule has 0 atom stereocenters. The molecule has 1 fully saturated rings. The number of alkyl halides is 3. The molecule has 1 aromatic heterocycles. The number of sulfone groups is 1. The van der Waals surface area contributed by atoms with E-state index in [1.54, 1.807) is 30.3 Å². The fourth-order valence-electron chi connectivity index (χ4n) is 3.70. The maximum Gasteiger partial charge on any atom is 0.502 e. The molecule has 180 valence electrons. The topological polar surface area (TPSA) is 110 Å². The average Bonchev–Trinajstić information content (AvgIpc) is 2.83. The number of hydrogen-bond acceptors (Lipinski definition) is 7. The first-order valence-corrected chi connectivity index (χ1v) is 11.9. The van der Waals surface area contributed by atoms with Gasteiger partial charge < -0.3 is 15.4 Å². The summed E-state index contributed by atoms with van der Waals surface area (Å²) in [7, 11) is -5.77. The number of rotatable bonds is 6. The second-order valence-corrected chi connectivity index (χ2v) is 9.64. The van der Waals surface area contributed by atoms with Crippen molar-refractivity contribution in [2.75, 3.05) is 30.4 Å². The van der Waals surface area contributed by atoms with E-state index in [4.69, 9.17) is 4.74 Å². The lowest BCUT2D eigenvalue weighted by Crippen LogP contribution is -2.27. The molecule has 2 aromatic carbocycles.